The minimum atomic E-state index is -3.70. The Labute approximate surface area is 655 Å². The number of aryl methyl sites for hydroxylation is 7. The van der Waals surface area contributed by atoms with Gasteiger partial charge >= 0.3 is 0 Å². The largest absolute Gasteiger partial charge is 0.486 e. The summed E-state index contributed by atoms with van der Waals surface area (Å²) in [4.78, 5) is 45.0. The summed E-state index contributed by atoms with van der Waals surface area (Å²) in [5.74, 6) is 6.27. The third-order valence-electron chi connectivity index (χ3n) is 17.0. The second-order valence-electron chi connectivity index (χ2n) is 25.8. The monoisotopic (exact) mass is 1650 g/mol. The van der Waals surface area contributed by atoms with Gasteiger partial charge in [0.2, 0.25) is 20.0 Å². The second-order valence-corrected chi connectivity index (χ2v) is 35.8. The Morgan fingerprint density at radius 1 is 0.375 bits per heavy atom. The highest BCUT2D eigenvalue weighted by atomic mass is 35.5. The van der Waals surface area contributed by atoms with Crippen molar-refractivity contribution in [3.8, 4) is 11.5 Å². The molecule has 0 amide bonds. The zero-order chi connectivity index (χ0) is 80.0. The van der Waals surface area contributed by atoms with E-state index in [9.17, 15) is 42.1 Å². The van der Waals surface area contributed by atoms with Crippen LogP contribution in [-0.2, 0) is 54.9 Å². The maximum Gasteiger partial charge on any atom is 0.262 e. The van der Waals surface area contributed by atoms with E-state index in [4.69, 9.17) is 37.4 Å². The van der Waals surface area contributed by atoms with Crippen molar-refractivity contribution in [2.24, 2.45) is 0 Å². The van der Waals surface area contributed by atoms with E-state index in [1.807, 2.05) is 72.7 Å². The molecular weight excluding hydrogens is 1580 g/mol. The molecule has 1 fully saturated rings. The van der Waals surface area contributed by atoms with E-state index in [0.29, 0.717) is 88.1 Å². The van der Waals surface area contributed by atoms with E-state index >= 15 is 0 Å². The van der Waals surface area contributed by atoms with Gasteiger partial charge in [-0.05, 0) is 188 Å². The van der Waals surface area contributed by atoms with Crippen LogP contribution in [0.15, 0.2) is 200 Å². The highest BCUT2D eigenvalue weighted by Crippen LogP contribution is 2.34. The Morgan fingerprint density at radius 2 is 0.714 bits per heavy atom. The van der Waals surface area contributed by atoms with Crippen molar-refractivity contribution in [3.63, 3.8) is 0 Å². The van der Waals surface area contributed by atoms with Gasteiger partial charge in [0.25, 0.3) is 30.1 Å². The zero-order valence-electron chi connectivity index (χ0n) is 61.7. The van der Waals surface area contributed by atoms with Gasteiger partial charge in [0.05, 0.1) is 115 Å². The van der Waals surface area contributed by atoms with E-state index in [0.717, 1.165) is 102 Å². The number of halogens is 2. The predicted octanol–water partition coefficient (Wildman–Crippen LogP) is 13.3. The van der Waals surface area contributed by atoms with Crippen LogP contribution in [0.3, 0.4) is 0 Å². The van der Waals surface area contributed by atoms with Crippen LogP contribution >= 0.6 is 23.2 Å². The molecule has 37 heteroatoms. The minimum Gasteiger partial charge on any atom is -0.486 e. The molecular formula is C75H77Cl2N17O13S5. The summed E-state index contributed by atoms with van der Waals surface area (Å²) in [7, 11) is -14.7. The van der Waals surface area contributed by atoms with E-state index in [-0.39, 0.29) is 19.6 Å². The SMILES string of the molecule is Cc1ccc(NS(=O)(=O)c2ccc3nc(C)[nH]c3c2)cc1.Cc1nc2cc3c(cc2[nH]1)OCCO3.Cc1nc2ccc(S(=O)(=O)N(C)C)cc2[nH]1.Cc1nc2ccc(S(=O)(=O)N3CCOCC3)cc2[nH]1.Cc1nc2ccc(S(=O)(=O)Nc3ccc(Cl)cc3)cc2[nH]1.Cc1nc2ccc(S(=O)(=O)Nc3ccccc3Cl)cc2[nH]1. The number of fused-ring (bicyclic) bond motifs is 7. The first-order valence-electron chi connectivity index (χ1n) is 34.4. The van der Waals surface area contributed by atoms with Crippen LogP contribution in [0.5, 0.6) is 11.5 Å². The number of imidazole rings is 6. The van der Waals surface area contributed by atoms with Crippen LogP contribution in [0.25, 0.3) is 66.2 Å². The number of para-hydroxylation sites is 1. The summed E-state index contributed by atoms with van der Waals surface area (Å²) in [6, 6.07) is 48.4. The highest BCUT2D eigenvalue weighted by molar-refractivity contribution is 7.93. The number of anilines is 3. The fraction of sp³-hybridized carbons (Fsp3) is 0.200. The van der Waals surface area contributed by atoms with Crippen LogP contribution in [0, 0.1) is 48.5 Å². The molecule has 9 N–H and O–H groups in total. The number of morpholine rings is 1. The topological polar surface area (TPSA) is 413 Å². The molecule has 1 saturated heterocycles. The molecule has 9 aromatic carbocycles. The lowest BCUT2D eigenvalue weighted by molar-refractivity contribution is 0.0730. The number of nitrogens with one attached hydrogen (secondary N) is 9. The van der Waals surface area contributed by atoms with Crippen molar-refractivity contribution in [3.05, 3.63) is 226 Å². The second kappa shape index (κ2) is 33.5. The number of sulfonamides is 5. The fourth-order valence-electron chi connectivity index (χ4n) is 11.5. The number of aromatic amines is 6. The number of aromatic nitrogens is 12. The fourth-order valence-corrected chi connectivity index (χ4v) is 17.5. The molecule has 0 bridgehead atoms. The van der Waals surface area contributed by atoms with Crippen LogP contribution in [0.1, 0.15) is 40.5 Å². The Kier molecular flexibility index (Phi) is 24.1. The Bertz CT molecular complexity index is 6370. The summed E-state index contributed by atoms with van der Waals surface area (Å²) < 4.78 is 149. The molecule has 0 unspecified atom stereocenters. The molecule has 30 nitrogen and oxygen atoms in total. The Morgan fingerprint density at radius 3 is 1.12 bits per heavy atom. The van der Waals surface area contributed by atoms with Crippen molar-refractivity contribution in [1.29, 1.82) is 0 Å². The van der Waals surface area contributed by atoms with E-state index in [1.54, 1.807) is 140 Å². The molecule has 0 aliphatic carbocycles. The van der Waals surface area contributed by atoms with E-state index in [1.165, 1.54) is 34.8 Å². The van der Waals surface area contributed by atoms with Gasteiger partial charge in [-0.3, -0.25) is 14.2 Å². The lowest BCUT2D eigenvalue weighted by Crippen LogP contribution is -2.40. The van der Waals surface area contributed by atoms with Crippen molar-refractivity contribution in [1.82, 2.24) is 68.4 Å². The standard InChI is InChI=1S/C15H15N3O2S.2C14H12ClN3O2S.C12H15N3O3S.C10H13N3O2S.C10H10N2O2/c1-10-3-5-12(6-4-10)18-21(19,20)13-7-8-14-15(9-13)17-11(2)16-14;1-9-16-13-7-6-12(8-14(13)17-9)21(19,20)18-11-4-2-10(15)3-5-11;1-9-16-13-7-6-10(8-14(13)17-9)21(19,20)18-12-5-3-2-4-11(12)15;1-9-13-11-3-2-10(8-12(11)14-9)19(16,17)15-4-6-18-7-5-15;1-7-11-9-5-4-8(6-10(9)12-7)16(14,15)13(2)3;1-6-11-7-4-9-10(5-8(7)12-6)14-3-2-13-9/h3-9,18H,1-2H3,(H,16,17);2*2-8,18H,1H3,(H,16,17);2-3,8H,4-7H2,1H3,(H,13,14);4-6H,1-3H3,(H,11,12);4-5H,2-3H2,1H3,(H,11,12). The summed E-state index contributed by atoms with van der Waals surface area (Å²) in [6.07, 6.45) is 0. The molecule has 0 saturated carbocycles. The first kappa shape index (κ1) is 80.5. The molecule has 0 atom stereocenters. The van der Waals surface area contributed by atoms with Gasteiger partial charge in [-0.1, -0.05) is 53.0 Å². The molecule has 8 heterocycles. The number of nitrogens with zero attached hydrogens (tertiary/aromatic N) is 8. The number of H-pyrrole nitrogens is 6. The van der Waals surface area contributed by atoms with E-state index in [2.05, 4.69) is 74.0 Å². The molecule has 17 rings (SSSR count). The number of hydrogen-bond acceptors (Lipinski definition) is 19. The molecule has 15 aromatic rings. The maximum absolute atomic E-state index is 12.5. The van der Waals surface area contributed by atoms with Gasteiger partial charge < -0.3 is 44.1 Å². The van der Waals surface area contributed by atoms with Crippen molar-refractivity contribution in [2.45, 2.75) is 72.9 Å². The predicted molar refractivity (Wildman–Crippen MR) is 433 cm³/mol. The highest BCUT2D eigenvalue weighted by Gasteiger charge is 2.28. The van der Waals surface area contributed by atoms with Crippen molar-refractivity contribution >= 4 is 157 Å². The van der Waals surface area contributed by atoms with Crippen molar-refractivity contribution in [2.75, 3.05) is 67.8 Å². The summed E-state index contributed by atoms with van der Waals surface area (Å²) >= 11 is 11.8. The minimum absolute atomic E-state index is 0.151. The van der Waals surface area contributed by atoms with Gasteiger partial charge in [-0.2, -0.15) is 4.31 Å². The van der Waals surface area contributed by atoms with Gasteiger partial charge in [0, 0.05) is 55.7 Å². The van der Waals surface area contributed by atoms with Gasteiger partial charge in [0.1, 0.15) is 48.2 Å². The average Bonchev–Trinajstić information content (AvgIpc) is 1.44. The molecule has 112 heavy (non-hydrogen) atoms. The van der Waals surface area contributed by atoms with E-state index < -0.39 is 50.1 Å². The van der Waals surface area contributed by atoms with Crippen LogP contribution in [0.2, 0.25) is 10.0 Å². The zero-order valence-corrected chi connectivity index (χ0v) is 67.3. The summed E-state index contributed by atoms with van der Waals surface area (Å²) in [5, 5.41) is 0.895. The quantitative estimate of drug-likeness (QED) is 0.0518. The molecule has 584 valence electrons. The number of benzene rings is 9. The molecule has 2 aliphatic heterocycles. The third-order valence-corrected chi connectivity index (χ3v) is 25.4. The lowest BCUT2D eigenvalue weighted by Gasteiger charge is -2.25. The third kappa shape index (κ3) is 19.5. The maximum atomic E-state index is 12.5. The first-order valence-corrected chi connectivity index (χ1v) is 42.5. The summed E-state index contributed by atoms with van der Waals surface area (Å²) in [5.41, 5.74) is 11.7. The Hall–Kier alpha value is -11.0. The normalized spacial score (nSPS) is 13.2. The number of hydrogen-bond donors (Lipinski definition) is 9. The summed E-state index contributed by atoms with van der Waals surface area (Å²) in [6.45, 7) is 16.0. The van der Waals surface area contributed by atoms with Crippen molar-refractivity contribution < 1.29 is 56.3 Å². The first-order chi connectivity index (χ1) is 53.1. The molecule has 6 aromatic heterocycles. The van der Waals surface area contributed by atoms with Crippen LogP contribution in [0.4, 0.5) is 17.1 Å². The Balaban J connectivity index is 0.000000125. The van der Waals surface area contributed by atoms with Gasteiger partial charge in [-0.25, -0.2) is 76.3 Å². The number of ether oxygens (including phenoxy) is 3. The van der Waals surface area contributed by atoms with Crippen LogP contribution < -0.4 is 23.6 Å². The lowest BCUT2D eigenvalue weighted by atomic mass is 10.2. The molecule has 0 spiro atoms. The average molecular weight is 1660 g/mol. The smallest absolute Gasteiger partial charge is 0.262 e. The molecule has 0 radical (unpaired) electrons. The van der Waals surface area contributed by atoms with Gasteiger partial charge in [0.15, 0.2) is 11.5 Å². The van der Waals surface area contributed by atoms with Gasteiger partial charge in [-0.15, -0.1) is 0 Å². The number of rotatable bonds is 13. The van der Waals surface area contributed by atoms with Crippen LogP contribution in [-0.4, -0.2) is 164 Å². The molecule has 2 aliphatic rings.